The van der Waals surface area contributed by atoms with Crippen LogP contribution in [0.2, 0.25) is 0 Å². The monoisotopic (exact) mass is 255 g/mol. The number of nitrogens with one attached hydrogen (secondary N) is 1. The summed E-state index contributed by atoms with van der Waals surface area (Å²) in [5.41, 5.74) is -0.439. The largest absolute Gasteiger partial charge is 0.444 e. The maximum Gasteiger partial charge on any atom is 0.407 e. The van der Waals surface area contributed by atoms with Crippen LogP contribution in [0.15, 0.2) is 0 Å². The smallest absolute Gasteiger partial charge is 0.407 e. The number of alkyl carbamates (subject to hydrolysis) is 1. The summed E-state index contributed by atoms with van der Waals surface area (Å²) in [6.07, 6.45) is 4.49. The number of aliphatic hydroxyl groups is 1. The van der Waals surface area contributed by atoms with E-state index in [1.807, 2.05) is 20.8 Å². The minimum Gasteiger partial charge on any atom is -0.444 e. The molecule has 0 aromatic heterocycles. The van der Waals surface area contributed by atoms with Crippen LogP contribution in [0.1, 0.15) is 52.9 Å². The number of carbonyl (C=O) groups is 1. The number of carbonyl (C=O) groups excluding carboxylic acids is 1. The van der Waals surface area contributed by atoms with Crippen LogP contribution in [0, 0.1) is 11.8 Å². The molecule has 0 aromatic rings. The highest BCUT2D eigenvalue weighted by atomic mass is 16.6. The van der Waals surface area contributed by atoms with E-state index in [2.05, 4.69) is 5.32 Å². The van der Waals surface area contributed by atoms with Gasteiger partial charge >= 0.3 is 6.09 Å². The third kappa shape index (κ3) is 3.61. The lowest BCUT2D eigenvalue weighted by molar-refractivity contribution is 0.0504. The third-order valence-corrected chi connectivity index (χ3v) is 4.01. The summed E-state index contributed by atoms with van der Waals surface area (Å²) in [6, 6.07) is 0.222. The fraction of sp³-hybridized carbons (Fsp3) is 0.929. The molecule has 0 saturated heterocycles. The molecule has 1 amide bonds. The summed E-state index contributed by atoms with van der Waals surface area (Å²) in [5, 5.41) is 12.6. The third-order valence-electron chi connectivity index (χ3n) is 4.01. The molecule has 4 heteroatoms. The van der Waals surface area contributed by atoms with Gasteiger partial charge in [0, 0.05) is 6.04 Å². The zero-order valence-electron chi connectivity index (χ0n) is 11.6. The second-order valence-electron chi connectivity index (χ2n) is 6.80. The van der Waals surface area contributed by atoms with E-state index < -0.39 is 5.60 Å². The Morgan fingerprint density at radius 1 is 1.17 bits per heavy atom. The molecular weight excluding hydrogens is 230 g/mol. The quantitative estimate of drug-likeness (QED) is 0.756. The van der Waals surface area contributed by atoms with Crippen LogP contribution in [-0.4, -0.2) is 28.9 Å². The van der Waals surface area contributed by atoms with Gasteiger partial charge in [0.15, 0.2) is 0 Å². The lowest BCUT2D eigenvalue weighted by atomic mass is 9.80. The average molecular weight is 255 g/mol. The topological polar surface area (TPSA) is 58.6 Å². The van der Waals surface area contributed by atoms with Crippen LogP contribution in [0.4, 0.5) is 4.79 Å². The van der Waals surface area contributed by atoms with Crippen LogP contribution in [-0.2, 0) is 4.74 Å². The summed E-state index contributed by atoms with van der Waals surface area (Å²) in [5.74, 6) is 1.25. The first kappa shape index (κ1) is 13.7. The molecule has 18 heavy (non-hydrogen) atoms. The predicted octanol–water partition coefficient (Wildman–Crippen LogP) is 2.45. The van der Waals surface area contributed by atoms with E-state index in [4.69, 9.17) is 4.74 Å². The summed E-state index contributed by atoms with van der Waals surface area (Å²) in [4.78, 5) is 11.7. The lowest BCUT2D eigenvalue weighted by Gasteiger charge is -2.28. The van der Waals surface area contributed by atoms with Crippen LogP contribution in [0.5, 0.6) is 0 Å². The van der Waals surface area contributed by atoms with Crippen molar-refractivity contribution < 1.29 is 14.6 Å². The van der Waals surface area contributed by atoms with E-state index in [9.17, 15) is 9.90 Å². The Labute approximate surface area is 109 Å². The van der Waals surface area contributed by atoms with Crippen LogP contribution in [0.3, 0.4) is 0 Å². The second-order valence-corrected chi connectivity index (χ2v) is 6.80. The Kier molecular flexibility index (Phi) is 3.85. The van der Waals surface area contributed by atoms with E-state index in [1.54, 1.807) is 0 Å². The Morgan fingerprint density at radius 3 is 2.50 bits per heavy atom. The van der Waals surface area contributed by atoms with Crippen LogP contribution in [0.25, 0.3) is 0 Å². The molecule has 104 valence electrons. The van der Waals surface area contributed by atoms with Crippen molar-refractivity contribution in [3.8, 4) is 0 Å². The predicted molar refractivity (Wildman–Crippen MR) is 69.2 cm³/mol. The first-order valence-corrected chi connectivity index (χ1v) is 7.01. The van der Waals surface area contributed by atoms with Crippen LogP contribution < -0.4 is 5.32 Å². The lowest BCUT2D eigenvalue weighted by Crippen LogP contribution is -2.38. The normalized spacial score (nSPS) is 36.0. The summed E-state index contributed by atoms with van der Waals surface area (Å²) >= 11 is 0. The van der Waals surface area contributed by atoms with Crippen molar-refractivity contribution in [3.05, 3.63) is 0 Å². The van der Waals surface area contributed by atoms with Gasteiger partial charge in [0.25, 0.3) is 0 Å². The minimum atomic E-state index is -0.439. The minimum absolute atomic E-state index is 0.133. The Hall–Kier alpha value is -0.770. The first-order valence-electron chi connectivity index (χ1n) is 7.01. The zero-order valence-corrected chi connectivity index (χ0v) is 11.6. The molecule has 2 N–H and O–H groups in total. The van der Waals surface area contributed by atoms with Crippen molar-refractivity contribution in [1.82, 2.24) is 5.32 Å². The van der Waals surface area contributed by atoms with Crippen molar-refractivity contribution in [2.75, 3.05) is 0 Å². The molecular formula is C14H25NO3. The number of rotatable bonds is 1. The molecule has 2 aliphatic rings. The maximum atomic E-state index is 11.7. The number of amides is 1. The number of hydrogen-bond donors (Lipinski definition) is 2. The van der Waals surface area contributed by atoms with E-state index >= 15 is 0 Å². The van der Waals surface area contributed by atoms with E-state index in [0.717, 1.165) is 32.1 Å². The zero-order chi connectivity index (χ0) is 13.3. The molecule has 0 spiro atoms. The van der Waals surface area contributed by atoms with E-state index in [-0.39, 0.29) is 18.2 Å². The highest BCUT2D eigenvalue weighted by Gasteiger charge is 2.39. The van der Waals surface area contributed by atoms with Gasteiger partial charge in [-0.25, -0.2) is 4.79 Å². The average Bonchev–Trinajstić information content (AvgIpc) is 2.55. The number of ether oxygens (including phenoxy) is 1. The van der Waals surface area contributed by atoms with Gasteiger partial charge in [0.2, 0.25) is 0 Å². The highest BCUT2D eigenvalue weighted by Crippen LogP contribution is 2.42. The maximum absolute atomic E-state index is 11.7. The van der Waals surface area contributed by atoms with Gasteiger partial charge < -0.3 is 15.2 Å². The van der Waals surface area contributed by atoms with Crippen molar-refractivity contribution in [3.63, 3.8) is 0 Å². The highest BCUT2D eigenvalue weighted by molar-refractivity contribution is 5.68. The first-order chi connectivity index (χ1) is 8.33. The molecule has 0 radical (unpaired) electrons. The van der Waals surface area contributed by atoms with Gasteiger partial charge in [-0.3, -0.25) is 0 Å². The van der Waals surface area contributed by atoms with Gasteiger partial charge in [0.1, 0.15) is 5.60 Å². The molecule has 4 atom stereocenters. The Balaban J connectivity index is 1.80. The fourth-order valence-electron chi connectivity index (χ4n) is 3.32. The summed E-state index contributed by atoms with van der Waals surface area (Å²) in [7, 11) is 0. The van der Waals surface area contributed by atoms with Gasteiger partial charge in [-0.2, -0.15) is 0 Å². The molecule has 0 bridgehead atoms. The SMILES string of the molecule is CC(C)(C)OC(=O)NC1CC2CCC(O)CC2C1. The van der Waals surface area contributed by atoms with E-state index in [1.165, 1.54) is 0 Å². The second kappa shape index (κ2) is 5.08. The van der Waals surface area contributed by atoms with Gasteiger partial charge in [0.05, 0.1) is 6.10 Å². The van der Waals surface area contributed by atoms with Crippen molar-refractivity contribution in [1.29, 1.82) is 0 Å². The van der Waals surface area contributed by atoms with Crippen molar-refractivity contribution >= 4 is 6.09 Å². The molecule has 0 aromatic carbocycles. The van der Waals surface area contributed by atoms with Crippen molar-refractivity contribution in [2.45, 2.75) is 70.6 Å². The number of fused-ring (bicyclic) bond motifs is 1. The molecule has 2 aliphatic carbocycles. The fourth-order valence-corrected chi connectivity index (χ4v) is 3.32. The van der Waals surface area contributed by atoms with Crippen molar-refractivity contribution in [2.24, 2.45) is 11.8 Å². The van der Waals surface area contributed by atoms with E-state index in [0.29, 0.717) is 11.8 Å². The Morgan fingerprint density at radius 2 is 1.83 bits per heavy atom. The molecule has 4 unspecified atom stereocenters. The molecule has 4 nitrogen and oxygen atoms in total. The number of hydrogen-bond acceptors (Lipinski definition) is 3. The molecule has 0 heterocycles. The molecule has 2 saturated carbocycles. The van der Waals surface area contributed by atoms with Gasteiger partial charge in [-0.1, -0.05) is 0 Å². The Bertz CT molecular complexity index is 311. The van der Waals surface area contributed by atoms with Crippen LogP contribution >= 0.6 is 0 Å². The van der Waals surface area contributed by atoms with Gasteiger partial charge in [-0.05, 0) is 64.7 Å². The summed E-state index contributed by atoms with van der Waals surface area (Å²) in [6.45, 7) is 5.62. The van der Waals surface area contributed by atoms with Gasteiger partial charge in [-0.15, -0.1) is 0 Å². The summed E-state index contributed by atoms with van der Waals surface area (Å²) < 4.78 is 5.27. The standard InChI is InChI=1S/C14H25NO3/c1-14(2,3)18-13(17)15-11-6-9-4-5-12(16)8-10(9)7-11/h9-12,16H,4-8H2,1-3H3,(H,15,17). The molecule has 2 fully saturated rings. The molecule has 0 aliphatic heterocycles. The number of aliphatic hydroxyl groups excluding tert-OH is 1. The molecule has 2 rings (SSSR count).